The standard InChI is InChI=1S/C19H16N4/c1-2-3-4-13-5-6-16-17(14(9-20)10-21)8-18(19(16)7-13)15(11-22)12-23/h5-7,14,17H,2-4,8H2,1H3/t17-/m1/s1. The Kier molecular flexibility index (Phi) is 5.15. The largest absolute Gasteiger partial charge is 0.197 e. The quantitative estimate of drug-likeness (QED) is 0.785. The van der Waals surface area contributed by atoms with Gasteiger partial charge in [-0.05, 0) is 41.5 Å². The van der Waals surface area contributed by atoms with E-state index in [1.807, 2.05) is 42.5 Å². The lowest BCUT2D eigenvalue weighted by atomic mass is 9.88. The molecule has 112 valence electrons. The Morgan fingerprint density at radius 1 is 1.17 bits per heavy atom. The molecule has 1 atom stereocenters. The van der Waals surface area contributed by atoms with Crippen LogP contribution in [0.3, 0.4) is 0 Å². The van der Waals surface area contributed by atoms with Gasteiger partial charge < -0.3 is 0 Å². The van der Waals surface area contributed by atoms with Crippen molar-refractivity contribution in [2.45, 2.75) is 38.5 Å². The summed E-state index contributed by atoms with van der Waals surface area (Å²) >= 11 is 0. The predicted octanol–water partition coefficient (Wildman–Crippen LogP) is 3.98. The van der Waals surface area contributed by atoms with E-state index in [9.17, 15) is 21.0 Å². The number of fused-ring (bicyclic) bond motifs is 1. The fourth-order valence-corrected chi connectivity index (χ4v) is 3.07. The van der Waals surface area contributed by atoms with Crippen molar-refractivity contribution in [3.63, 3.8) is 0 Å². The van der Waals surface area contributed by atoms with E-state index >= 15 is 0 Å². The molecule has 0 radical (unpaired) electrons. The van der Waals surface area contributed by atoms with Gasteiger partial charge in [-0.25, -0.2) is 0 Å². The normalized spacial score (nSPS) is 15.2. The maximum absolute atomic E-state index is 9.20. The van der Waals surface area contributed by atoms with Gasteiger partial charge in [-0.2, -0.15) is 21.0 Å². The second-order valence-electron chi connectivity index (χ2n) is 5.65. The van der Waals surface area contributed by atoms with Crippen LogP contribution in [0.4, 0.5) is 0 Å². The molecule has 0 N–H and O–H groups in total. The van der Waals surface area contributed by atoms with Gasteiger partial charge in [0, 0.05) is 5.92 Å². The summed E-state index contributed by atoms with van der Waals surface area (Å²) < 4.78 is 0. The number of rotatable bonds is 4. The van der Waals surface area contributed by atoms with Gasteiger partial charge in [0.15, 0.2) is 0 Å². The van der Waals surface area contributed by atoms with E-state index in [1.165, 1.54) is 0 Å². The number of benzene rings is 1. The first-order chi connectivity index (χ1) is 11.2. The van der Waals surface area contributed by atoms with E-state index in [1.54, 1.807) is 0 Å². The SMILES string of the molecule is CCCCc1ccc2c(c1)C(=C(C#N)C#N)C[C@@H]2C(C#N)C#N. The lowest BCUT2D eigenvalue weighted by molar-refractivity contribution is 0.646. The minimum Gasteiger partial charge on any atom is -0.197 e. The molecule has 0 aliphatic heterocycles. The van der Waals surface area contributed by atoms with Crippen molar-refractivity contribution in [2.24, 2.45) is 5.92 Å². The highest BCUT2D eigenvalue weighted by molar-refractivity contribution is 5.81. The van der Waals surface area contributed by atoms with Gasteiger partial charge in [0.1, 0.15) is 23.6 Å². The first kappa shape index (κ1) is 16.3. The predicted molar refractivity (Wildman–Crippen MR) is 85.3 cm³/mol. The molecule has 0 bridgehead atoms. The van der Waals surface area contributed by atoms with Crippen LogP contribution in [0.25, 0.3) is 5.57 Å². The Labute approximate surface area is 136 Å². The van der Waals surface area contributed by atoms with E-state index < -0.39 is 5.92 Å². The number of aryl methyl sites for hydroxylation is 1. The molecule has 0 heterocycles. The number of nitrogens with zero attached hydrogens (tertiary/aromatic N) is 4. The monoisotopic (exact) mass is 300 g/mol. The van der Waals surface area contributed by atoms with E-state index in [4.69, 9.17) is 0 Å². The Bertz CT molecular complexity index is 776. The molecule has 0 aromatic heterocycles. The zero-order valence-electron chi connectivity index (χ0n) is 13.0. The van der Waals surface area contributed by atoms with Crippen molar-refractivity contribution in [1.82, 2.24) is 0 Å². The molecule has 1 aliphatic carbocycles. The second kappa shape index (κ2) is 7.26. The number of nitriles is 4. The zero-order valence-corrected chi connectivity index (χ0v) is 13.0. The van der Waals surface area contributed by atoms with Crippen molar-refractivity contribution in [3.8, 4) is 24.3 Å². The second-order valence-corrected chi connectivity index (χ2v) is 5.65. The van der Waals surface area contributed by atoms with E-state index in [0.29, 0.717) is 12.0 Å². The molecule has 0 amide bonds. The molecule has 1 aliphatic rings. The summed E-state index contributed by atoms with van der Waals surface area (Å²) in [4.78, 5) is 0. The highest BCUT2D eigenvalue weighted by Gasteiger charge is 2.34. The molecule has 0 spiro atoms. The van der Waals surface area contributed by atoms with Gasteiger partial charge in [-0.1, -0.05) is 31.5 Å². The number of unbranched alkanes of at least 4 members (excludes halogenated alkanes) is 1. The number of hydrogen-bond donors (Lipinski definition) is 0. The minimum atomic E-state index is -0.772. The zero-order chi connectivity index (χ0) is 16.8. The van der Waals surface area contributed by atoms with Crippen LogP contribution in [0.5, 0.6) is 0 Å². The third-order valence-corrected chi connectivity index (χ3v) is 4.29. The molecule has 1 aromatic rings. The number of hydrogen-bond acceptors (Lipinski definition) is 4. The van der Waals surface area contributed by atoms with Gasteiger partial charge in [-0.15, -0.1) is 0 Å². The lowest BCUT2D eigenvalue weighted by Crippen LogP contribution is -2.06. The molecule has 0 unspecified atom stereocenters. The molecular weight excluding hydrogens is 284 g/mol. The van der Waals surface area contributed by atoms with Crippen LogP contribution in [0.2, 0.25) is 0 Å². The first-order valence-corrected chi connectivity index (χ1v) is 7.65. The van der Waals surface area contributed by atoms with Crippen molar-refractivity contribution < 1.29 is 0 Å². The van der Waals surface area contributed by atoms with Crippen molar-refractivity contribution in [3.05, 3.63) is 40.5 Å². The smallest absolute Gasteiger partial charge is 0.140 e. The highest BCUT2D eigenvalue weighted by Crippen LogP contribution is 2.46. The van der Waals surface area contributed by atoms with Gasteiger partial charge in [-0.3, -0.25) is 0 Å². The Morgan fingerprint density at radius 2 is 1.87 bits per heavy atom. The van der Waals surface area contributed by atoms with E-state index in [-0.39, 0.29) is 11.5 Å². The van der Waals surface area contributed by atoms with Crippen LogP contribution in [0, 0.1) is 51.2 Å². The van der Waals surface area contributed by atoms with Crippen LogP contribution < -0.4 is 0 Å². The molecule has 2 rings (SSSR count). The molecule has 0 saturated heterocycles. The van der Waals surface area contributed by atoms with E-state index in [0.717, 1.165) is 36.0 Å². The molecule has 0 fully saturated rings. The van der Waals surface area contributed by atoms with Crippen LogP contribution in [-0.4, -0.2) is 0 Å². The van der Waals surface area contributed by atoms with Crippen LogP contribution in [0.15, 0.2) is 23.8 Å². The first-order valence-electron chi connectivity index (χ1n) is 7.65. The van der Waals surface area contributed by atoms with Gasteiger partial charge in [0.05, 0.1) is 12.1 Å². The van der Waals surface area contributed by atoms with Gasteiger partial charge in [0.2, 0.25) is 0 Å². The van der Waals surface area contributed by atoms with Crippen molar-refractivity contribution >= 4 is 5.57 Å². The summed E-state index contributed by atoms with van der Waals surface area (Å²) in [6.45, 7) is 2.13. The molecular formula is C19H16N4. The van der Waals surface area contributed by atoms with Crippen LogP contribution in [-0.2, 0) is 6.42 Å². The molecule has 4 nitrogen and oxygen atoms in total. The summed E-state index contributed by atoms with van der Waals surface area (Å²) in [6, 6.07) is 13.9. The molecule has 0 saturated carbocycles. The summed E-state index contributed by atoms with van der Waals surface area (Å²) in [5.41, 5.74) is 3.66. The van der Waals surface area contributed by atoms with Gasteiger partial charge in [0.25, 0.3) is 0 Å². The Balaban J connectivity index is 2.57. The summed E-state index contributed by atoms with van der Waals surface area (Å²) in [7, 11) is 0. The van der Waals surface area contributed by atoms with E-state index in [2.05, 4.69) is 6.92 Å². The minimum absolute atomic E-state index is 0.0796. The number of allylic oxidation sites excluding steroid dienone is 2. The highest BCUT2D eigenvalue weighted by atomic mass is 14.4. The maximum atomic E-state index is 9.20. The Hall–Kier alpha value is -3.08. The maximum Gasteiger partial charge on any atom is 0.140 e. The fraction of sp³-hybridized carbons (Fsp3) is 0.368. The summed E-state index contributed by atoms with van der Waals surface area (Å²) in [6.07, 6.45) is 3.50. The molecule has 4 heteroatoms. The Morgan fingerprint density at radius 3 is 2.43 bits per heavy atom. The van der Waals surface area contributed by atoms with Crippen LogP contribution in [0.1, 0.15) is 48.8 Å². The van der Waals surface area contributed by atoms with Gasteiger partial charge >= 0.3 is 0 Å². The van der Waals surface area contributed by atoms with Crippen molar-refractivity contribution in [2.75, 3.05) is 0 Å². The third-order valence-electron chi connectivity index (χ3n) is 4.29. The van der Waals surface area contributed by atoms with Crippen LogP contribution >= 0.6 is 0 Å². The summed E-state index contributed by atoms with van der Waals surface area (Å²) in [5.74, 6) is -1.04. The molecule has 23 heavy (non-hydrogen) atoms. The topological polar surface area (TPSA) is 95.2 Å². The fourth-order valence-electron chi connectivity index (χ4n) is 3.07. The lowest BCUT2D eigenvalue weighted by Gasteiger charge is -2.11. The van der Waals surface area contributed by atoms with Crippen molar-refractivity contribution in [1.29, 1.82) is 21.0 Å². The third kappa shape index (κ3) is 3.08. The summed E-state index contributed by atoms with van der Waals surface area (Å²) in [5, 5.41) is 36.8. The average Bonchev–Trinajstić information content (AvgIpc) is 2.94. The molecule has 1 aromatic carbocycles. The average molecular weight is 300 g/mol.